The highest BCUT2D eigenvalue weighted by Gasteiger charge is 2.32. The Kier molecular flexibility index (Phi) is 3.85. The molecule has 0 aliphatic carbocycles. The maximum Gasteiger partial charge on any atom is 0.163 e. The van der Waals surface area contributed by atoms with Crippen LogP contribution < -0.4 is 4.74 Å². The lowest BCUT2D eigenvalue weighted by molar-refractivity contribution is -0.141. The smallest absolute Gasteiger partial charge is 0.163 e. The van der Waals surface area contributed by atoms with E-state index in [0.29, 0.717) is 19.0 Å². The van der Waals surface area contributed by atoms with Crippen LogP contribution in [-0.4, -0.2) is 30.2 Å². The van der Waals surface area contributed by atoms with Crippen LogP contribution in [0.2, 0.25) is 0 Å². The summed E-state index contributed by atoms with van der Waals surface area (Å²) in [4.78, 5) is 0. The van der Waals surface area contributed by atoms with Gasteiger partial charge in [-0.3, -0.25) is 0 Å². The fourth-order valence-electron chi connectivity index (χ4n) is 1.80. The number of hydrogen-bond acceptors (Lipinski definition) is 4. The fourth-order valence-corrected chi connectivity index (χ4v) is 1.80. The van der Waals surface area contributed by atoms with Crippen molar-refractivity contribution in [3.8, 4) is 5.75 Å². The molecule has 4 nitrogen and oxygen atoms in total. The van der Waals surface area contributed by atoms with E-state index >= 15 is 0 Å². The third-order valence-corrected chi connectivity index (χ3v) is 2.69. The Morgan fingerprint density at radius 3 is 2.89 bits per heavy atom. The predicted molar refractivity (Wildman–Crippen MR) is 62.7 cm³/mol. The minimum absolute atomic E-state index is 0.136. The highest BCUT2D eigenvalue weighted by molar-refractivity contribution is 5.29. The summed E-state index contributed by atoms with van der Waals surface area (Å²) in [6.45, 7) is 4.14. The molecule has 0 bridgehead atoms. The minimum Gasteiger partial charge on any atom is -0.491 e. The van der Waals surface area contributed by atoms with Crippen LogP contribution in [0.1, 0.15) is 19.4 Å². The summed E-state index contributed by atoms with van der Waals surface area (Å²) in [5.41, 5.74) is 0.219. The van der Waals surface area contributed by atoms with Gasteiger partial charge in [-0.1, -0.05) is 0 Å². The molecule has 0 spiro atoms. The summed E-state index contributed by atoms with van der Waals surface area (Å²) in [5.74, 6) is -0.507. The summed E-state index contributed by atoms with van der Waals surface area (Å²) in [5, 5.41) is 8.95. The van der Waals surface area contributed by atoms with E-state index in [1.165, 1.54) is 18.2 Å². The Balaban J connectivity index is 1.91. The van der Waals surface area contributed by atoms with Gasteiger partial charge >= 0.3 is 0 Å². The Labute approximate surface area is 105 Å². The minimum atomic E-state index is -0.576. The van der Waals surface area contributed by atoms with Crippen LogP contribution in [0.3, 0.4) is 0 Å². The van der Waals surface area contributed by atoms with Crippen LogP contribution in [0, 0.1) is 5.82 Å². The Morgan fingerprint density at radius 2 is 2.28 bits per heavy atom. The fraction of sp³-hybridized carbons (Fsp3) is 0.538. The first-order valence-electron chi connectivity index (χ1n) is 5.84. The molecule has 0 radical (unpaired) electrons. The van der Waals surface area contributed by atoms with Crippen LogP contribution in [0.15, 0.2) is 18.2 Å². The van der Waals surface area contributed by atoms with Gasteiger partial charge in [0, 0.05) is 5.56 Å². The number of halogens is 1. The van der Waals surface area contributed by atoms with Crippen molar-refractivity contribution in [2.75, 3.05) is 13.2 Å². The van der Waals surface area contributed by atoms with Crippen LogP contribution in [-0.2, 0) is 16.1 Å². The van der Waals surface area contributed by atoms with Gasteiger partial charge in [0.05, 0.1) is 13.2 Å². The van der Waals surface area contributed by atoms with Crippen molar-refractivity contribution in [1.82, 2.24) is 0 Å². The zero-order valence-corrected chi connectivity index (χ0v) is 10.5. The molecule has 1 N–H and O–H groups in total. The molecule has 1 aliphatic heterocycles. The van der Waals surface area contributed by atoms with Gasteiger partial charge in [0.1, 0.15) is 24.3 Å². The van der Waals surface area contributed by atoms with Crippen molar-refractivity contribution in [1.29, 1.82) is 0 Å². The molecular weight excluding hydrogens is 239 g/mol. The van der Waals surface area contributed by atoms with Gasteiger partial charge in [-0.2, -0.15) is 0 Å². The first-order valence-corrected chi connectivity index (χ1v) is 5.84. The topological polar surface area (TPSA) is 47.9 Å². The monoisotopic (exact) mass is 256 g/mol. The largest absolute Gasteiger partial charge is 0.491 e. The average Bonchev–Trinajstić information content (AvgIpc) is 2.68. The number of rotatable bonds is 4. The predicted octanol–water partition coefficient (Wildman–Crippen LogP) is 1.85. The maximum absolute atomic E-state index is 13.2. The molecule has 1 atom stereocenters. The van der Waals surface area contributed by atoms with Crippen molar-refractivity contribution in [3.63, 3.8) is 0 Å². The van der Waals surface area contributed by atoms with E-state index in [1.807, 2.05) is 13.8 Å². The van der Waals surface area contributed by atoms with E-state index in [0.717, 1.165) is 0 Å². The third-order valence-electron chi connectivity index (χ3n) is 2.69. The highest BCUT2D eigenvalue weighted by atomic mass is 19.1. The number of ether oxygens (including phenoxy) is 3. The first-order chi connectivity index (χ1) is 8.50. The van der Waals surface area contributed by atoms with Crippen LogP contribution in [0.5, 0.6) is 5.75 Å². The molecule has 0 saturated carbocycles. The van der Waals surface area contributed by atoms with Gasteiger partial charge < -0.3 is 19.3 Å². The van der Waals surface area contributed by atoms with Gasteiger partial charge in [0.15, 0.2) is 5.79 Å². The molecule has 1 aromatic carbocycles. The molecule has 1 saturated heterocycles. The molecule has 18 heavy (non-hydrogen) atoms. The second-order valence-corrected chi connectivity index (χ2v) is 4.67. The lowest BCUT2D eigenvalue weighted by Crippen LogP contribution is -2.25. The van der Waals surface area contributed by atoms with Crippen LogP contribution in [0.4, 0.5) is 4.39 Å². The van der Waals surface area contributed by atoms with Gasteiger partial charge in [-0.05, 0) is 32.0 Å². The quantitative estimate of drug-likeness (QED) is 0.893. The molecule has 1 aliphatic rings. The van der Waals surface area contributed by atoms with E-state index < -0.39 is 11.6 Å². The number of hydrogen-bond donors (Lipinski definition) is 1. The van der Waals surface area contributed by atoms with Gasteiger partial charge in [-0.15, -0.1) is 0 Å². The molecule has 1 aromatic rings. The number of aliphatic hydroxyl groups excluding tert-OH is 1. The van der Waals surface area contributed by atoms with Crippen LogP contribution in [0.25, 0.3) is 0 Å². The summed E-state index contributed by atoms with van der Waals surface area (Å²) < 4.78 is 29.6. The second-order valence-electron chi connectivity index (χ2n) is 4.67. The molecule has 5 heteroatoms. The molecule has 0 aromatic heterocycles. The molecule has 0 amide bonds. The van der Waals surface area contributed by atoms with E-state index in [2.05, 4.69) is 0 Å². The summed E-state index contributed by atoms with van der Waals surface area (Å²) >= 11 is 0. The van der Waals surface area contributed by atoms with Crippen molar-refractivity contribution < 1.29 is 23.7 Å². The Morgan fingerprint density at radius 1 is 1.50 bits per heavy atom. The Hall–Kier alpha value is -1.17. The first kappa shape index (κ1) is 13.3. The van der Waals surface area contributed by atoms with Gasteiger partial charge in [-0.25, -0.2) is 4.39 Å². The molecule has 1 unspecified atom stereocenters. The summed E-state index contributed by atoms with van der Waals surface area (Å²) in [6.07, 6.45) is -0.136. The maximum atomic E-state index is 13.2. The molecule has 2 rings (SSSR count). The molecule has 1 fully saturated rings. The van der Waals surface area contributed by atoms with Crippen molar-refractivity contribution >= 4 is 0 Å². The highest BCUT2D eigenvalue weighted by Crippen LogP contribution is 2.23. The van der Waals surface area contributed by atoms with E-state index in [4.69, 9.17) is 19.3 Å². The summed E-state index contributed by atoms with van der Waals surface area (Å²) in [7, 11) is 0. The van der Waals surface area contributed by atoms with Gasteiger partial charge in [0.25, 0.3) is 0 Å². The van der Waals surface area contributed by atoms with Gasteiger partial charge in [0.2, 0.25) is 0 Å². The number of benzene rings is 1. The molecule has 100 valence electrons. The summed E-state index contributed by atoms with van der Waals surface area (Å²) in [6, 6.07) is 4.28. The zero-order chi connectivity index (χ0) is 13.2. The Bertz CT molecular complexity index is 419. The van der Waals surface area contributed by atoms with Crippen molar-refractivity contribution in [3.05, 3.63) is 29.6 Å². The lowest BCUT2D eigenvalue weighted by Gasteiger charge is -2.17. The zero-order valence-electron chi connectivity index (χ0n) is 10.5. The molecule has 1 heterocycles. The second kappa shape index (κ2) is 5.22. The third kappa shape index (κ3) is 3.19. The van der Waals surface area contributed by atoms with E-state index in [-0.39, 0.29) is 18.3 Å². The normalized spacial score (nSPS) is 22.1. The van der Waals surface area contributed by atoms with Crippen molar-refractivity contribution in [2.24, 2.45) is 0 Å². The molecular formula is C13H17FO4. The van der Waals surface area contributed by atoms with E-state index in [9.17, 15) is 4.39 Å². The van der Waals surface area contributed by atoms with E-state index in [1.54, 1.807) is 0 Å². The van der Waals surface area contributed by atoms with Crippen LogP contribution >= 0.6 is 0 Å². The van der Waals surface area contributed by atoms with Crippen molar-refractivity contribution in [2.45, 2.75) is 32.3 Å². The standard InChI is InChI=1S/C13H17FO4/c1-13(2)17-8-11(18-13)7-16-10-3-4-12(14)9(5-10)6-15/h3-5,11,15H,6-8H2,1-2H3. The lowest BCUT2D eigenvalue weighted by atomic mass is 10.2. The SMILES string of the molecule is CC1(C)OCC(COc2ccc(F)c(CO)c2)O1. The average molecular weight is 256 g/mol. The number of aliphatic hydroxyl groups is 1.